The number of aryl methyl sites for hydroxylation is 1. The van der Waals surface area contributed by atoms with Gasteiger partial charge in [-0.25, -0.2) is 0 Å². The molecule has 0 aromatic heterocycles. The van der Waals surface area contributed by atoms with Crippen LogP contribution in [0.4, 0.5) is 5.69 Å². The van der Waals surface area contributed by atoms with Crippen LogP contribution in [-0.4, -0.2) is 0 Å². The summed E-state index contributed by atoms with van der Waals surface area (Å²) in [5.74, 6) is 0. The molecule has 3 rings (SSSR count). The van der Waals surface area contributed by atoms with Gasteiger partial charge in [0.2, 0.25) is 0 Å². The molecule has 1 heterocycles. The third-order valence-corrected chi connectivity index (χ3v) is 4.13. The summed E-state index contributed by atoms with van der Waals surface area (Å²) in [5.41, 5.74) is 11.7. The van der Waals surface area contributed by atoms with Gasteiger partial charge in [0, 0.05) is 11.1 Å². The zero-order valence-electron chi connectivity index (χ0n) is 12.5. The first kappa shape index (κ1) is 14.1. The molecule has 0 bridgehead atoms. The Hall–Kier alpha value is -2.82. The minimum absolute atomic E-state index is 0.191. The van der Waals surface area contributed by atoms with Crippen LogP contribution in [-0.2, 0) is 11.3 Å². The quantitative estimate of drug-likeness (QED) is 0.813. The molecule has 0 saturated heterocycles. The molecule has 0 amide bonds. The first-order valence-corrected chi connectivity index (χ1v) is 7.05. The molecule has 108 valence electrons. The van der Waals surface area contributed by atoms with Crippen LogP contribution in [0.25, 0.3) is 11.1 Å². The molecule has 1 aliphatic rings. The van der Waals surface area contributed by atoms with Crippen molar-refractivity contribution in [3.05, 3.63) is 52.1 Å². The smallest absolute Gasteiger partial charge is 0.102 e. The van der Waals surface area contributed by atoms with Gasteiger partial charge in [-0.05, 0) is 25.0 Å². The summed E-state index contributed by atoms with van der Waals surface area (Å²) in [5, 5.41) is 19.0. The number of hydrogen-bond donors (Lipinski definition) is 1. The number of anilines is 1. The van der Waals surface area contributed by atoms with Gasteiger partial charge in [-0.2, -0.15) is 10.5 Å². The van der Waals surface area contributed by atoms with Crippen molar-refractivity contribution in [3.63, 3.8) is 0 Å². The molecule has 2 aromatic carbocycles. The molecule has 0 fully saturated rings. The molecule has 4 heteroatoms. The van der Waals surface area contributed by atoms with Gasteiger partial charge >= 0.3 is 0 Å². The second-order valence-electron chi connectivity index (χ2n) is 5.47. The number of nitrogen functional groups attached to an aromatic ring is 1. The Bertz CT molecular complexity index is 839. The Morgan fingerprint density at radius 3 is 2.36 bits per heavy atom. The highest BCUT2D eigenvalue weighted by Crippen LogP contribution is 2.44. The van der Waals surface area contributed by atoms with Crippen LogP contribution in [0.2, 0.25) is 0 Å². The third-order valence-electron chi connectivity index (χ3n) is 4.13. The van der Waals surface area contributed by atoms with Crippen molar-refractivity contribution in [2.45, 2.75) is 26.6 Å². The summed E-state index contributed by atoms with van der Waals surface area (Å²) in [6.07, 6.45) is -0.191. The Kier molecular flexibility index (Phi) is 3.33. The van der Waals surface area contributed by atoms with E-state index in [1.54, 1.807) is 0 Å². The average molecular weight is 289 g/mol. The zero-order valence-corrected chi connectivity index (χ0v) is 12.5. The Balaban J connectivity index is 2.41. The monoisotopic (exact) mass is 289 g/mol. The first-order chi connectivity index (χ1) is 10.6. The van der Waals surface area contributed by atoms with Crippen LogP contribution >= 0.6 is 0 Å². The lowest BCUT2D eigenvalue weighted by Crippen LogP contribution is -2.05. The fourth-order valence-corrected chi connectivity index (χ4v) is 3.01. The summed E-state index contributed by atoms with van der Waals surface area (Å²) in [7, 11) is 0. The van der Waals surface area contributed by atoms with Gasteiger partial charge in [-0.15, -0.1) is 0 Å². The van der Waals surface area contributed by atoms with Gasteiger partial charge in [0.25, 0.3) is 0 Å². The third kappa shape index (κ3) is 1.94. The highest BCUT2D eigenvalue weighted by molar-refractivity contribution is 5.85. The van der Waals surface area contributed by atoms with Crippen molar-refractivity contribution in [1.29, 1.82) is 10.5 Å². The van der Waals surface area contributed by atoms with Gasteiger partial charge < -0.3 is 10.5 Å². The number of nitrogens with two attached hydrogens (primary N) is 1. The second kappa shape index (κ2) is 5.18. The first-order valence-electron chi connectivity index (χ1n) is 7.05. The van der Waals surface area contributed by atoms with E-state index in [2.05, 4.69) is 12.1 Å². The number of hydrogen-bond acceptors (Lipinski definition) is 4. The van der Waals surface area contributed by atoms with E-state index in [1.807, 2.05) is 38.1 Å². The molecule has 1 unspecified atom stereocenters. The molecule has 1 atom stereocenters. The van der Waals surface area contributed by atoms with E-state index in [1.165, 1.54) is 0 Å². The minimum atomic E-state index is -0.191. The van der Waals surface area contributed by atoms with E-state index >= 15 is 0 Å². The fourth-order valence-electron chi connectivity index (χ4n) is 3.01. The highest BCUT2D eigenvalue weighted by Gasteiger charge is 2.31. The fraction of sp³-hybridized carbons (Fsp3) is 0.222. The number of fused-ring (bicyclic) bond motifs is 1. The number of benzene rings is 2. The van der Waals surface area contributed by atoms with Crippen molar-refractivity contribution in [2.24, 2.45) is 0 Å². The minimum Gasteiger partial charge on any atom is -0.397 e. The molecule has 0 saturated carbocycles. The number of nitrogens with zero attached hydrogens (tertiary/aromatic N) is 2. The van der Waals surface area contributed by atoms with Crippen LogP contribution < -0.4 is 5.73 Å². The molecule has 0 spiro atoms. The Morgan fingerprint density at radius 1 is 1.14 bits per heavy atom. The van der Waals surface area contributed by atoms with Crippen molar-refractivity contribution in [3.8, 4) is 23.3 Å². The van der Waals surface area contributed by atoms with E-state index < -0.39 is 0 Å². The van der Waals surface area contributed by atoms with Crippen molar-refractivity contribution in [2.75, 3.05) is 5.73 Å². The molecule has 0 aliphatic carbocycles. The molecule has 2 N–H and O–H groups in total. The van der Waals surface area contributed by atoms with Gasteiger partial charge in [0.1, 0.15) is 12.1 Å². The second-order valence-corrected chi connectivity index (χ2v) is 5.47. The molecule has 1 aliphatic heterocycles. The molecule has 22 heavy (non-hydrogen) atoms. The molecular formula is C18H15N3O. The number of rotatable bonds is 1. The standard InChI is InChI=1S/C18H15N3O/c1-10-3-5-12(6-4-10)17-14(8-20)18(21)13(7-19)16-11(2)22-9-15(16)17/h3-6,11H,9,21H2,1-2H3. The van der Waals surface area contributed by atoms with E-state index in [0.29, 0.717) is 17.7 Å². The Labute approximate surface area is 129 Å². The molecule has 0 radical (unpaired) electrons. The maximum atomic E-state index is 9.55. The highest BCUT2D eigenvalue weighted by atomic mass is 16.5. The predicted molar refractivity (Wildman–Crippen MR) is 83.7 cm³/mol. The SMILES string of the molecule is Cc1ccc(-c2c(C#N)c(N)c(C#N)c3c2COC3C)cc1. The van der Waals surface area contributed by atoms with Gasteiger partial charge in [0.05, 0.1) is 29.5 Å². The van der Waals surface area contributed by atoms with Crippen molar-refractivity contribution in [1.82, 2.24) is 0 Å². The lowest BCUT2D eigenvalue weighted by atomic mass is 9.86. The topological polar surface area (TPSA) is 82.8 Å². The summed E-state index contributed by atoms with van der Waals surface area (Å²) in [6, 6.07) is 12.2. The Morgan fingerprint density at radius 2 is 1.77 bits per heavy atom. The van der Waals surface area contributed by atoms with Crippen molar-refractivity contribution >= 4 is 5.69 Å². The number of nitriles is 2. The van der Waals surface area contributed by atoms with Crippen molar-refractivity contribution < 1.29 is 4.74 Å². The van der Waals surface area contributed by atoms with E-state index in [0.717, 1.165) is 27.8 Å². The van der Waals surface area contributed by atoms with Gasteiger partial charge in [-0.3, -0.25) is 0 Å². The molecule has 4 nitrogen and oxygen atoms in total. The molecule has 2 aromatic rings. The van der Waals surface area contributed by atoms with Crippen LogP contribution in [0, 0.1) is 29.6 Å². The maximum Gasteiger partial charge on any atom is 0.102 e. The lowest BCUT2D eigenvalue weighted by Gasteiger charge is -2.16. The maximum absolute atomic E-state index is 9.55. The summed E-state index contributed by atoms with van der Waals surface area (Å²) in [6.45, 7) is 4.30. The zero-order chi connectivity index (χ0) is 15.9. The summed E-state index contributed by atoms with van der Waals surface area (Å²) in [4.78, 5) is 0. The summed E-state index contributed by atoms with van der Waals surface area (Å²) < 4.78 is 5.69. The average Bonchev–Trinajstić information content (AvgIpc) is 2.89. The van der Waals surface area contributed by atoms with Gasteiger partial charge in [-0.1, -0.05) is 29.8 Å². The largest absolute Gasteiger partial charge is 0.397 e. The lowest BCUT2D eigenvalue weighted by molar-refractivity contribution is 0.0796. The summed E-state index contributed by atoms with van der Waals surface area (Å²) >= 11 is 0. The number of ether oxygens (including phenoxy) is 1. The van der Waals surface area contributed by atoms with E-state index in [-0.39, 0.29) is 11.8 Å². The van der Waals surface area contributed by atoms with Crippen LogP contribution in [0.5, 0.6) is 0 Å². The van der Waals surface area contributed by atoms with Crippen LogP contribution in [0.3, 0.4) is 0 Å². The van der Waals surface area contributed by atoms with Crippen LogP contribution in [0.1, 0.15) is 40.8 Å². The normalized spacial score (nSPS) is 15.9. The van der Waals surface area contributed by atoms with Crippen LogP contribution in [0.15, 0.2) is 24.3 Å². The van der Waals surface area contributed by atoms with E-state index in [4.69, 9.17) is 10.5 Å². The van der Waals surface area contributed by atoms with E-state index in [9.17, 15) is 10.5 Å². The molecular weight excluding hydrogens is 274 g/mol. The van der Waals surface area contributed by atoms with Gasteiger partial charge in [0.15, 0.2) is 0 Å². The predicted octanol–water partition coefficient (Wildman–Crippen LogP) is 3.58.